The number of aromatic nitrogens is 4. The molecule has 1 aliphatic heterocycles. The van der Waals surface area contributed by atoms with E-state index >= 15 is 0 Å². The van der Waals surface area contributed by atoms with Crippen LogP contribution in [0.2, 0.25) is 0 Å². The minimum Gasteiger partial charge on any atom is -0.310 e. The van der Waals surface area contributed by atoms with Crippen LogP contribution in [0.3, 0.4) is 0 Å². The first-order chi connectivity index (χ1) is 12.4. The second kappa shape index (κ2) is 5.55. The first-order valence-electron chi connectivity index (χ1n) is 8.15. The number of fused-ring (bicyclic) bond motifs is 2. The summed E-state index contributed by atoms with van der Waals surface area (Å²) in [7, 11) is 1.41. The van der Waals surface area contributed by atoms with E-state index in [-0.39, 0.29) is 12.0 Å². The maximum absolute atomic E-state index is 12.6. The highest BCUT2D eigenvalue weighted by Gasteiger charge is 2.31. The Morgan fingerprint density at radius 1 is 1.08 bits per heavy atom. The fourth-order valence-corrected chi connectivity index (χ4v) is 3.25. The fraction of sp³-hybridized carbons (Fsp3) is 0.222. The van der Waals surface area contributed by atoms with E-state index in [1.165, 1.54) is 7.05 Å². The largest absolute Gasteiger partial charge is 0.329 e. The molecule has 0 aliphatic carbocycles. The van der Waals surface area contributed by atoms with Gasteiger partial charge in [-0.2, -0.15) is 0 Å². The first-order valence-corrected chi connectivity index (χ1v) is 8.15. The molecule has 2 aromatic heterocycles. The second-order valence-electron chi connectivity index (χ2n) is 6.43. The summed E-state index contributed by atoms with van der Waals surface area (Å²) in [5.74, 6) is 1.24. The van der Waals surface area contributed by atoms with Gasteiger partial charge in [0.15, 0.2) is 0 Å². The highest BCUT2D eigenvalue weighted by atomic mass is 16.2. The lowest BCUT2D eigenvalue weighted by Crippen LogP contribution is -2.40. The van der Waals surface area contributed by atoms with Crippen LogP contribution < -0.4 is 21.7 Å². The summed E-state index contributed by atoms with van der Waals surface area (Å²) in [6.07, 6.45) is 0.110. The molecule has 0 bridgehead atoms. The molecule has 1 aliphatic rings. The lowest BCUT2D eigenvalue weighted by atomic mass is 10.0. The number of aromatic amines is 2. The molecular formula is C18H17N5O3. The maximum atomic E-state index is 12.6. The lowest BCUT2D eigenvalue weighted by molar-refractivity contribution is 0.747. The Labute approximate surface area is 147 Å². The highest BCUT2D eigenvalue weighted by Crippen LogP contribution is 2.38. The zero-order valence-corrected chi connectivity index (χ0v) is 14.6. The number of nitrogens with one attached hydrogen (secondary N) is 2. The predicted molar refractivity (Wildman–Crippen MR) is 97.7 cm³/mol. The molecule has 1 aromatic carbocycles. The van der Waals surface area contributed by atoms with E-state index < -0.39 is 11.2 Å². The molecule has 4 rings (SSSR count). The van der Waals surface area contributed by atoms with Crippen LogP contribution in [0.4, 0.5) is 17.3 Å². The van der Waals surface area contributed by atoms with Crippen molar-refractivity contribution in [2.75, 3.05) is 4.90 Å². The quantitative estimate of drug-likeness (QED) is 0.535. The number of anilines is 3. The Morgan fingerprint density at radius 3 is 2.58 bits per heavy atom. The van der Waals surface area contributed by atoms with Crippen molar-refractivity contribution in [3.63, 3.8) is 0 Å². The van der Waals surface area contributed by atoms with E-state index in [1.807, 2.05) is 31.2 Å². The van der Waals surface area contributed by atoms with Crippen LogP contribution in [0.25, 0.3) is 0 Å². The predicted octanol–water partition coefficient (Wildman–Crippen LogP) is 1.15. The normalized spacial score (nSPS) is 12.7. The van der Waals surface area contributed by atoms with E-state index in [4.69, 9.17) is 0 Å². The fourth-order valence-electron chi connectivity index (χ4n) is 3.25. The van der Waals surface area contributed by atoms with Gasteiger partial charge in [-0.1, -0.05) is 12.1 Å². The molecule has 0 fully saturated rings. The van der Waals surface area contributed by atoms with Crippen molar-refractivity contribution in [1.82, 2.24) is 19.5 Å². The molecule has 0 spiro atoms. The third-order valence-corrected chi connectivity index (χ3v) is 4.54. The lowest BCUT2D eigenvalue weighted by Gasteiger charge is -2.31. The van der Waals surface area contributed by atoms with Crippen molar-refractivity contribution < 1.29 is 0 Å². The van der Waals surface area contributed by atoms with Crippen molar-refractivity contribution in [1.29, 1.82) is 0 Å². The number of benzene rings is 1. The molecule has 0 amide bonds. The van der Waals surface area contributed by atoms with Crippen molar-refractivity contribution in [2.45, 2.75) is 20.3 Å². The molecule has 0 unspecified atom stereocenters. The maximum Gasteiger partial charge on any atom is 0.329 e. The first kappa shape index (κ1) is 16.1. The molecule has 132 valence electrons. The Balaban J connectivity index is 2.12. The van der Waals surface area contributed by atoms with Crippen molar-refractivity contribution >= 4 is 17.3 Å². The number of hydrogen-bond acceptors (Lipinski definition) is 5. The van der Waals surface area contributed by atoms with Crippen LogP contribution in [-0.2, 0) is 13.5 Å². The van der Waals surface area contributed by atoms with Gasteiger partial charge in [-0.25, -0.2) is 9.78 Å². The summed E-state index contributed by atoms with van der Waals surface area (Å²) in [6.45, 7) is 3.64. The molecule has 2 N–H and O–H groups in total. The molecule has 0 saturated carbocycles. The van der Waals surface area contributed by atoms with Crippen LogP contribution in [-0.4, -0.2) is 19.5 Å². The molecule has 3 heterocycles. The van der Waals surface area contributed by atoms with E-state index in [1.54, 1.807) is 11.8 Å². The number of rotatable bonds is 1. The second-order valence-corrected chi connectivity index (χ2v) is 6.43. The van der Waals surface area contributed by atoms with E-state index in [0.717, 1.165) is 10.1 Å². The van der Waals surface area contributed by atoms with Crippen LogP contribution in [0, 0.1) is 13.8 Å². The van der Waals surface area contributed by atoms with Crippen molar-refractivity contribution in [2.24, 2.45) is 7.05 Å². The van der Waals surface area contributed by atoms with Crippen LogP contribution in [0.15, 0.2) is 38.6 Å². The molecule has 3 aromatic rings. The SMILES string of the molecule is Cc1cccc(N2c3nc(C)[nH]c(=O)c3Cc3c2[nH]c(=O)n(C)c3=O)c1. The third-order valence-electron chi connectivity index (χ3n) is 4.54. The number of nitrogens with zero attached hydrogens (tertiary/aromatic N) is 3. The summed E-state index contributed by atoms with van der Waals surface area (Å²) >= 11 is 0. The Hall–Kier alpha value is -3.42. The minimum atomic E-state index is -0.517. The molecular weight excluding hydrogens is 334 g/mol. The minimum absolute atomic E-state index is 0.110. The van der Waals surface area contributed by atoms with Crippen LogP contribution in [0.1, 0.15) is 22.5 Å². The monoisotopic (exact) mass is 351 g/mol. The van der Waals surface area contributed by atoms with Gasteiger partial charge < -0.3 is 4.98 Å². The zero-order valence-electron chi connectivity index (χ0n) is 14.6. The standard InChI is InChI=1S/C18H17N5O3/c1-9-5-4-6-11(7-9)23-14-12(16(24)20-10(2)19-14)8-13-15(23)21-18(26)22(3)17(13)25/h4-7H,8H2,1-3H3,(H,21,26)(H,19,20,24). The van der Waals surface area contributed by atoms with Gasteiger partial charge in [-0.15, -0.1) is 0 Å². The zero-order chi connectivity index (χ0) is 18.6. The van der Waals surface area contributed by atoms with E-state index in [2.05, 4.69) is 15.0 Å². The average molecular weight is 351 g/mol. The number of aryl methyl sites for hydroxylation is 2. The van der Waals surface area contributed by atoms with Gasteiger partial charge in [0.05, 0.1) is 11.1 Å². The molecule has 8 nitrogen and oxygen atoms in total. The summed E-state index contributed by atoms with van der Waals surface area (Å²) in [5, 5.41) is 0. The van der Waals surface area contributed by atoms with Gasteiger partial charge in [0, 0.05) is 19.2 Å². The topological polar surface area (TPSA) is 104 Å². The number of hydrogen-bond donors (Lipinski definition) is 2. The summed E-state index contributed by atoms with van der Waals surface area (Å²) < 4.78 is 1.01. The van der Waals surface area contributed by atoms with Crippen molar-refractivity contribution in [3.05, 3.63) is 78.0 Å². The van der Waals surface area contributed by atoms with Gasteiger partial charge in [-0.05, 0) is 31.5 Å². The van der Waals surface area contributed by atoms with Gasteiger partial charge in [0.1, 0.15) is 17.5 Å². The summed E-state index contributed by atoms with van der Waals surface area (Å²) in [6, 6.07) is 7.57. The Kier molecular flexibility index (Phi) is 3.43. The van der Waals surface area contributed by atoms with E-state index in [9.17, 15) is 14.4 Å². The number of H-pyrrole nitrogens is 2. The van der Waals surface area contributed by atoms with Crippen LogP contribution in [0.5, 0.6) is 0 Å². The smallest absolute Gasteiger partial charge is 0.310 e. The van der Waals surface area contributed by atoms with Gasteiger partial charge in [0.2, 0.25) is 0 Å². The Bertz CT molecular complexity index is 1220. The molecule has 0 atom stereocenters. The summed E-state index contributed by atoms with van der Waals surface area (Å²) in [4.78, 5) is 48.9. The van der Waals surface area contributed by atoms with Crippen LogP contribution >= 0.6 is 0 Å². The molecule has 0 radical (unpaired) electrons. The van der Waals surface area contributed by atoms with Crippen molar-refractivity contribution in [3.8, 4) is 0 Å². The molecule has 0 saturated heterocycles. The Morgan fingerprint density at radius 2 is 1.85 bits per heavy atom. The van der Waals surface area contributed by atoms with Gasteiger partial charge in [-0.3, -0.25) is 24.0 Å². The average Bonchev–Trinajstić information content (AvgIpc) is 2.58. The third kappa shape index (κ3) is 2.30. The van der Waals surface area contributed by atoms with E-state index in [0.29, 0.717) is 34.3 Å². The molecule has 8 heteroatoms. The molecule has 26 heavy (non-hydrogen) atoms. The van der Waals surface area contributed by atoms with Gasteiger partial charge >= 0.3 is 5.69 Å². The highest BCUT2D eigenvalue weighted by molar-refractivity contribution is 5.78. The van der Waals surface area contributed by atoms with Gasteiger partial charge in [0.25, 0.3) is 11.1 Å². The summed E-state index contributed by atoms with van der Waals surface area (Å²) in [5.41, 5.74) is 1.25.